The molecule has 2 aliphatic heterocycles. The number of benzene rings is 2. The minimum absolute atomic E-state index is 0.0196. The number of hydrogen-bond donors (Lipinski definition) is 4. The summed E-state index contributed by atoms with van der Waals surface area (Å²) in [5.74, 6) is 0.171. The van der Waals surface area contributed by atoms with Gasteiger partial charge in [0.2, 0.25) is 11.6 Å². The van der Waals surface area contributed by atoms with Crippen LogP contribution in [0.4, 0.5) is 11.4 Å². The smallest absolute Gasteiger partial charge is 0.219 e. The molecule has 294 valence electrons. The maximum absolute atomic E-state index is 12.5. The highest BCUT2D eigenvalue weighted by Gasteiger charge is 2.43. The van der Waals surface area contributed by atoms with E-state index in [4.69, 9.17) is 5.73 Å². The molecular weight excluding hydrogens is 665 g/mol. The normalized spacial score (nSPS) is 16.8. The molecule has 0 fully saturated rings. The number of nitrogens with one attached hydrogen (secondary N) is 3. The summed E-state index contributed by atoms with van der Waals surface area (Å²) in [5, 5.41) is 10.0. The maximum Gasteiger partial charge on any atom is 0.219 e. The first kappa shape index (κ1) is 43.0. The SMILES string of the molecule is CCCCN1C(=CC=CC=CC=CC2=[N+](CCCCCC(=O)NCCCNCCCCNCCCN)c3ccccc3C2(C)C)C(C)(C)c2ccccc21. The van der Waals surface area contributed by atoms with Crippen LogP contribution in [-0.4, -0.2) is 68.6 Å². The second kappa shape index (κ2) is 22.6. The third-order valence-electron chi connectivity index (χ3n) is 10.9. The van der Waals surface area contributed by atoms with Crippen LogP contribution in [0.5, 0.6) is 0 Å². The number of amides is 1. The van der Waals surface area contributed by atoms with E-state index in [1.54, 1.807) is 0 Å². The Morgan fingerprint density at radius 1 is 0.722 bits per heavy atom. The zero-order valence-electron chi connectivity index (χ0n) is 34.3. The molecule has 0 aromatic heterocycles. The van der Waals surface area contributed by atoms with E-state index in [0.717, 1.165) is 84.5 Å². The van der Waals surface area contributed by atoms with Crippen LogP contribution in [0, 0.1) is 0 Å². The second-order valence-electron chi connectivity index (χ2n) is 15.9. The number of nitrogens with two attached hydrogens (primary N) is 1. The molecule has 7 nitrogen and oxygen atoms in total. The van der Waals surface area contributed by atoms with Crippen molar-refractivity contribution in [3.05, 3.63) is 108 Å². The molecule has 2 heterocycles. The fourth-order valence-corrected chi connectivity index (χ4v) is 7.80. The molecule has 54 heavy (non-hydrogen) atoms. The Morgan fingerprint density at radius 3 is 2.15 bits per heavy atom. The number of carbonyl (C=O) groups is 1. The molecular formula is C47H71N6O+. The lowest BCUT2D eigenvalue weighted by Crippen LogP contribution is -2.28. The van der Waals surface area contributed by atoms with E-state index in [2.05, 4.69) is 151 Å². The fraction of sp³-hybridized carbons (Fsp3) is 0.532. The third-order valence-corrected chi connectivity index (χ3v) is 10.9. The van der Waals surface area contributed by atoms with Gasteiger partial charge in [-0.15, -0.1) is 0 Å². The molecule has 5 N–H and O–H groups in total. The second-order valence-corrected chi connectivity index (χ2v) is 15.9. The van der Waals surface area contributed by atoms with Gasteiger partial charge in [0.05, 0.1) is 5.41 Å². The van der Waals surface area contributed by atoms with E-state index in [0.29, 0.717) is 6.42 Å². The molecule has 0 aliphatic carbocycles. The molecule has 2 aromatic rings. The number of nitrogens with zero attached hydrogens (tertiary/aromatic N) is 2. The van der Waals surface area contributed by atoms with E-state index in [9.17, 15) is 4.79 Å². The van der Waals surface area contributed by atoms with Crippen LogP contribution in [0.1, 0.15) is 110 Å². The summed E-state index contributed by atoms with van der Waals surface area (Å²) in [4.78, 5) is 15.0. The molecule has 7 heteroatoms. The highest BCUT2D eigenvalue weighted by molar-refractivity contribution is 6.03. The van der Waals surface area contributed by atoms with E-state index in [-0.39, 0.29) is 16.7 Å². The van der Waals surface area contributed by atoms with Crippen LogP contribution >= 0.6 is 0 Å². The molecule has 1 amide bonds. The molecule has 0 bridgehead atoms. The summed E-state index contributed by atoms with van der Waals surface area (Å²) in [7, 11) is 0. The Bertz CT molecular complexity index is 1610. The topological polar surface area (TPSA) is 85.4 Å². The van der Waals surface area contributed by atoms with Crippen LogP contribution < -0.4 is 26.6 Å². The number of para-hydroxylation sites is 2. The lowest BCUT2D eigenvalue weighted by Gasteiger charge is -2.27. The Labute approximate surface area is 328 Å². The van der Waals surface area contributed by atoms with Gasteiger partial charge in [-0.05, 0) is 109 Å². The van der Waals surface area contributed by atoms with Gasteiger partial charge in [0.15, 0.2) is 5.71 Å². The fourth-order valence-electron chi connectivity index (χ4n) is 7.80. The first-order valence-electron chi connectivity index (χ1n) is 20.9. The molecule has 4 rings (SSSR count). The van der Waals surface area contributed by atoms with Crippen LogP contribution in [0.2, 0.25) is 0 Å². The van der Waals surface area contributed by atoms with Gasteiger partial charge in [0, 0.05) is 60.4 Å². The molecule has 0 radical (unpaired) electrons. The maximum atomic E-state index is 12.5. The average Bonchev–Trinajstić information content (AvgIpc) is 3.51. The predicted molar refractivity (Wildman–Crippen MR) is 231 cm³/mol. The number of hydrogen-bond acceptors (Lipinski definition) is 5. The van der Waals surface area contributed by atoms with E-state index >= 15 is 0 Å². The van der Waals surface area contributed by atoms with Gasteiger partial charge in [-0.1, -0.05) is 94.0 Å². The monoisotopic (exact) mass is 736 g/mol. The van der Waals surface area contributed by atoms with Crippen molar-refractivity contribution in [2.24, 2.45) is 5.73 Å². The summed E-state index contributed by atoms with van der Waals surface area (Å²) >= 11 is 0. The molecule has 2 aromatic carbocycles. The quantitative estimate of drug-likeness (QED) is 0.0467. The zero-order chi connectivity index (χ0) is 38.7. The van der Waals surface area contributed by atoms with Crippen LogP contribution in [-0.2, 0) is 15.6 Å². The lowest BCUT2D eigenvalue weighted by molar-refractivity contribution is -0.438. The van der Waals surface area contributed by atoms with Gasteiger partial charge >= 0.3 is 0 Å². The highest BCUT2D eigenvalue weighted by Crippen LogP contribution is 2.47. The van der Waals surface area contributed by atoms with E-state index in [1.807, 2.05) is 0 Å². The summed E-state index contributed by atoms with van der Waals surface area (Å²) in [6.45, 7) is 19.1. The molecule has 0 atom stereocenters. The first-order chi connectivity index (χ1) is 26.2. The van der Waals surface area contributed by atoms with Crippen LogP contribution in [0.15, 0.2) is 96.8 Å². The zero-order valence-corrected chi connectivity index (χ0v) is 34.3. The Balaban J connectivity index is 1.23. The molecule has 0 saturated carbocycles. The number of rotatable bonds is 25. The van der Waals surface area contributed by atoms with Gasteiger partial charge in [-0.3, -0.25) is 4.79 Å². The third kappa shape index (κ3) is 12.1. The number of unbranched alkanes of at least 4 members (excludes halogenated alkanes) is 4. The van der Waals surface area contributed by atoms with Crippen molar-refractivity contribution in [3.63, 3.8) is 0 Å². The van der Waals surface area contributed by atoms with Crippen molar-refractivity contribution in [3.8, 4) is 0 Å². The number of anilines is 1. The largest absolute Gasteiger partial charge is 0.356 e. The van der Waals surface area contributed by atoms with Crippen LogP contribution in [0.25, 0.3) is 0 Å². The average molecular weight is 736 g/mol. The Morgan fingerprint density at radius 2 is 1.39 bits per heavy atom. The molecule has 0 saturated heterocycles. The van der Waals surface area contributed by atoms with Gasteiger partial charge in [-0.2, -0.15) is 4.58 Å². The van der Waals surface area contributed by atoms with Gasteiger partial charge in [-0.25, -0.2) is 0 Å². The summed E-state index contributed by atoms with van der Waals surface area (Å²) in [6, 6.07) is 17.7. The summed E-state index contributed by atoms with van der Waals surface area (Å²) < 4.78 is 2.50. The molecule has 0 unspecified atom stereocenters. The Kier molecular flexibility index (Phi) is 17.9. The molecule has 0 spiro atoms. The number of allylic oxidation sites excluding steroid dienone is 8. The van der Waals surface area contributed by atoms with E-state index in [1.165, 1.54) is 59.6 Å². The van der Waals surface area contributed by atoms with Crippen LogP contribution in [0.3, 0.4) is 0 Å². The number of fused-ring (bicyclic) bond motifs is 2. The van der Waals surface area contributed by atoms with Crippen molar-refractivity contribution in [2.45, 2.75) is 110 Å². The summed E-state index contributed by atoms with van der Waals surface area (Å²) in [5.41, 5.74) is 13.5. The van der Waals surface area contributed by atoms with Crippen molar-refractivity contribution in [1.29, 1.82) is 0 Å². The lowest BCUT2D eigenvalue weighted by atomic mass is 9.81. The van der Waals surface area contributed by atoms with Gasteiger partial charge < -0.3 is 26.6 Å². The van der Waals surface area contributed by atoms with Gasteiger partial charge in [0.1, 0.15) is 6.54 Å². The van der Waals surface area contributed by atoms with Crippen molar-refractivity contribution in [2.75, 3.05) is 57.3 Å². The minimum atomic E-state index is -0.0808. The standard InChI is InChI=1S/C47H70N6O/c1-6-7-37-52-41-26-17-15-24-39(41)46(2,3)43(52)28-12-9-8-10-13-29-44-47(4,5)40-25-16-18-27-42(40)53(44)38-21-11-14-30-45(54)51-36-23-35-50-33-20-19-32-49-34-22-31-48/h8-10,12-13,15-18,24-29,49-50H,6-7,11,14,19-23,30-38,48H2,1-5H3/p+1. The van der Waals surface area contributed by atoms with Crippen molar-refractivity contribution in [1.82, 2.24) is 16.0 Å². The van der Waals surface area contributed by atoms with Crippen molar-refractivity contribution >= 4 is 23.0 Å². The van der Waals surface area contributed by atoms with Gasteiger partial charge in [0.25, 0.3) is 0 Å². The van der Waals surface area contributed by atoms with E-state index < -0.39 is 0 Å². The first-order valence-corrected chi connectivity index (χ1v) is 20.9. The predicted octanol–water partition coefficient (Wildman–Crippen LogP) is 8.59. The highest BCUT2D eigenvalue weighted by atomic mass is 16.1. The minimum Gasteiger partial charge on any atom is -0.356 e. The van der Waals surface area contributed by atoms with Crippen molar-refractivity contribution < 1.29 is 9.37 Å². The summed E-state index contributed by atoms with van der Waals surface area (Å²) in [6.07, 6.45) is 25.7. The number of carbonyl (C=O) groups excluding carboxylic acids is 1. The molecule has 2 aliphatic rings. The Hall–Kier alpha value is -3.78.